The van der Waals surface area contributed by atoms with E-state index in [1.54, 1.807) is 6.20 Å². The Kier molecular flexibility index (Phi) is 7.39. The van der Waals surface area contributed by atoms with Crippen LogP contribution in [0.5, 0.6) is 0 Å². The van der Waals surface area contributed by atoms with E-state index in [9.17, 15) is 5.11 Å². The maximum Gasteiger partial charge on any atom is 0.151 e. The Hall–Kier alpha value is -2.78. The monoisotopic (exact) mass is 492 g/mol. The normalized spacial score (nSPS) is 21.6. The molecule has 5 rings (SSSR count). The van der Waals surface area contributed by atoms with E-state index >= 15 is 0 Å². The quantitative estimate of drug-likeness (QED) is 0.429. The van der Waals surface area contributed by atoms with Gasteiger partial charge in [-0.25, -0.2) is 15.0 Å². The fraction of sp³-hybridized carbons (Fsp3) is 0.630. The van der Waals surface area contributed by atoms with Crippen LogP contribution in [0.2, 0.25) is 0 Å². The molecule has 194 valence electrons. The molecule has 0 bridgehead atoms. The maximum absolute atomic E-state index is 9.97. The number of nitrogens with zero attached hydrogens (tertiary/aromatic N) is 6. The van der Waals surface area contributed by atoms with Gasteiger partial charge in [-0.1, -0.05) is 20.8 Å². The molecule has 1 saturated heterocycles. The lowest BCUT2D eigenvalue weighted by atomic mass is 10.0. The largest absolute Gasteiger partial charge is 0.393 e. The minimum Gasteiger partial charge on any atom is -0.393 e. The summed E-state index contributed by atoms with van der Waals surface area (Å²) in [6.07, 6.45) is 13.4. The number of aliphatic hydroxyl groups is 1. The molecular weight excluding hydrogens is 452 g/mol. The van der Waals surface area contributed by atoms with Crippen molar-refractivity contribution in [3.05, 3.63) is 24.3 Å². The first-order valence-corrected chi connectivity index (χ1v) is 13.7. The van der Waals surface area contributed by atoms with Crippen molar-refractivity contribution in [1.29, 1.82) is 0 Å². The number of hydrogen-bond donors (Lipinski definition) is 3. The molecule has 1 saturated carbocycles. The number of likely N-dealkylation sites (tertiary alicyclic amines) is 1. The number of pyridine rings is 1. The topological polar surface area (TPSA) is 118 Å². The molecule has 4 heterocycles. The molecule has 1 aliphatic carbocycles. The highest BCUT2D eigenvalue weighted by atomic mass is 16.3. The smallest absolute Gasteiger partial charge is 0.151 e. The van der Waals surface area contributed by atoms with E-state index in [2.05, 4.69) is 46.9 Å². The lowest BCUT2D eigenvalue weighted by Crippen LogP contribution is -2.41. The summed E-state index contributed by atoms with van der Waals surface area (Å²) >= 11 is 0. The van der Waals surface area contributed by atoms with Crippen molar-refractivity contribution in [3.8, 4) is 11.1 Å². The van der Waals surface area contributed by atoms with Crippen molar-refractivity contribution >= 4 is 22.7 Å². The van der Waals surface area contributed by atoms with Gasteiger partial charge >= 0.3 is 0 Å². The van der Waals surface area contributed by atoms with Gasteiger partial charge in [-0.2, -0.15) is 5.10 Å². The zero-order chi connectivity index (χ0) is 25.2. The summed E-state index contributed by atoms with van der Waals surface area (Å²) in [5.74, 6) is 1.16. The van der Waals surface area contributed by atoms with Gasteiger partial charge in [-0.15, -0.1) is 0 Å². The fourth-order valence-corrected chi connectivity index (χ4v) is 5.95. The molecule has 2 atom stereocenters. The second kappa shape index (κ2) is 10.7. The Bertz CT molecular complexity index is 1180. The van der Waals surface area contributed by atoms with Gasteiger partial charge in [0.2, 0.25) is 0 Å². The number of rotatable bonds is 8. The molecule has 0 spiro atoms. The van der Waals surface area contributed by atoms with Gasteiger partial charge in [0.15, 0.2) is 5.82 Å². The first kappa shape index (κ1) is 24.9. The molecule has 0 unspecified atom stereocenters. The van der Waals surface area contributed by atoms with Gasteiger partial charge in [-0.05, 0) is 51.4 Å². The van der Waals surface area contributed by atoms with Crippen LogP contribution in [-0.2, 0) is 6.42 Å². The Morgan fingerprint density at radius 3 is 2.50 bits per heavy atom. The highest BCUT2D eigenvalue weighted by Crippen LogP contribution is 2.33. The number of nitrogen functional groups attached to an aromatic ring is 1. The Labute approximate surface area is 213 Å². The summed E-state index contributed by atoms with van der Waals surface area (Å²) in [6.45, 7) is 8.88. The van der Waals surface area contributed by atoms with E-state index in [4.69, 9.17) is 20.8 Å². The first-order chi connectivity index (χ1) is 17.5. The van der Waals surface area contributed by atoms with Crippen LogP contribution < -0.4 is 11.1 Å². The molecule has 3 aromatic heterocycles. The molecule has 9 nitrogen and oxygen atoms in total. The molecule has 1 aliphatic heterocycles. The molecule has 36 heavy (non-hydrogen) atoms. The van der Waals surface area contributed by atoms with E-state index in [0.29, 0.717) is 23.4 Å². The van der Waals surface area contributed by atoms with Gasteiger partial charge in [0, 0.05) is 48.7 Å². The molecule has 0 aromatic carbocycles. The maximum atomic E-state index is 9.97. The summed E-state index contributed by atoms with van der Waals surface area (Å²) in [5.41, 5.74) is 10.4. The SMILES string of the molecule is CCc1nc2c(N)ncc(-c3cnn(C4CCN(C(CC)CC)CC4)c3)c2nc1N[C@@H]1CC[C@H](O)C1. The standard InChI is InChI=1S/C27H40N8O/c1-4-19(5-2)34-11-9-20(10-12-34)35-16-17(14-30-35)22-15-29-26(28)25-24(22)33-27(23(6-3)32-25)31-18-7-8-21(36)13-18/h14-16,18-21,36H,4-13H2,1-3H3,(H2,28,29)(H,31,33)/t18-,21+/m1/s1. The van der Waals surface area contributed by atoms with Crippen LogP contribution in [-0.4, -0.2) is 66.0 Å². The zero-order valence-electron chi connectivity index (χ0n) is 21.8. The van der Waals surface area contributed by atoms with E-state index in [1.807, 2.05) is 6.20 Å². The van der Waals surface area contributed by atoms with Crippen LogP contribution >= 0.6 is 0 Å². The zero-order valence-corrected chi connectivity index (χ0v) is 21.8. The Morgan fingerprint density at radius 1 is 1.06 bits per heavy atom. The molecule has 2 aliphatic rings. The van der Waals surface area contributed by atoms with E-state index in [1.165, 1.54) is 12.8 Å². The third-order valence-corrected chi connectivity index (χ3v) is 8.12. The van der Waals surface area contributed by atoms with Crippen molar-refractivity contribution in [2.75, 3.05) is 24.1 Å². The Balaban J connectivity index is 1.42. The number of aliphatic hydroxyl groups excluding tert-OH is 1. The van der Waals surface area contributed by atoms with E-state index < -0.39 is 0 Å². The lowest BCUT2D eigenvalue weighted by molar-refractivity contribution is 0.124. The average Bonchev–Trinajstić information content (AvgIpc) is 3.54. The molecular formula is C27H40N8O. The number of nitrogens with two attached hydrogens (primary N) is 1. The number of aryl methyl sites for hydroxylation is 1. The van der Waals surface area contributed by atoms with Crippen LogP contribution in [0.1, 0.15) is 77.5 Å². The summed E-state index contributed by atoms with van der Waals surface area (Å²) in [7, 11) is 0. The fourth-order valence-electron chi connectivity index (χ4n) is 5.95. The molecule has 3 aromatic rings. The lowest BCUT2D eigenvalue weighted by Gasteiger charge is -2.37. The van der Waals surface area contributed by atoms with Gasteiger partial charge in [-0.3, -0.25) is 4.68 Å². The second-order valence-electron chi connectivity index (χ2n) is 10.4. The minimum absolute atomic E-state index is 0.202. The first-order valence-electron chi connectivity index (χ1n) is 13.7. The van der Waals surface area contributed by atoms with Crippen molar-refractivity contribution in [2.45, 2.75) is 96.4 Å². The van der Waals surface area contributed by atoms with E-state index in [0.717, 1.165) is 79.8 Å². The van der Waals surface area contributed by atoms with Crippen LogP contribution in [0, 0.1) is 0 Å². The molecule has 0 radical (unpaired) electrons. The van der Waals surface area contributed by atoms with Crippen molar-refractivity contribution in [2.24, 2.45) is 0 Å². The van der Waals surface area contributed by atoms with Crippen molar-refractivity contribution in [1.82, 2.24) is 29.6 Å². The van der Waals surface area contributed by atoms with Crippen molar-refractivity contribution in [3.63, 3.8) is 0 Å². The highest BCUT2D eigenvalue weighted by Gasteiger charge is 2.26. The minimum atomic E-state index is -0.246. The van der Waals surface area contributed by atoms with Crippen LogP contribution in [0.25, 0.3) is 22.2 Å². The van der Waals surface area contributed by atoms with E-state index in [-0.39, 0.29) is 12.1 Å². The number of fused-ring (bicyclic) bond motifs is 1. The summed E-state index contributed by atoms with van der Waals surface area (Å²) in [4.78, 5) is 17.0. The van der Waals surface area contributed by atoms with Crippen molar-refractivity contribution < 1.29 is 5.11 Å². The number of anilines is 2. The number of hydrogen-bond acceptors (Lipinski definition) is 8. The van der Waals surface area contributed by atoms with Crippen LogP contribution in [0.4, 0.5) is 11.6 Å². The molecule has 9 heteroatoms. The number of nitrogens with one attached hydrogen (secondary N) is 1. The highest BCUT2D eigenvalue weighted by molar-refractivity contribution is 5.96. The summed E-state index contributed by atoms with van der Waals surface area (Å²) < 4.78 is 2.12. The van der Waals surface area contributed by atoms with Gasteiger partial charge in [0.1, 0.15) is 16.9 Å². The van der Waals surface area contributed by atoms with Gasteiger partial charge in [0.05, 0.1) is 24.0 Å². The van der Waals surface area contributed by atoms with Crippen LogP contribution in [0.15, 0.2) is 18.6 Å². The van der Waals surface area contributed by atoms with Gasteiger partial charge < -0.3 is 21.1 Å². The third-order valence-electron chi connectivity index (χ3n) is 8.12. The third kappa shape index (κ3) is 4.91. The van der Waals surface area contributed by atoms with Gasteiger partial charge in [0.25, 0.3) is 0 Å². The van der Waals surface area contributed by atoms with Crippen LogP contribution in [0.3, 0.4) is 0 Å². The summed E-state index contributed by atoms with van der Waals surface area (Å²) in [6, 6.07) is 1.29. The molecule has 2 fully saturated rings. The molecule has 4 N–H and O–H groups in total. The second-order valence-corrected chi connectivity index (χ2v) is 10.4. The predicted molar refractivity (Wildman–Crippen MR) is 144 cm³/mol. The number of aromatic nitrogens is 5. The Morgan fingerprint density at radius 2 is 1.83 bits per heavy atom. The predicted octanol–water partition coefficient (Wildman–Crippen LogP) is 4.18. The number of piperidine rings is 1. The molecule has 0 amide bonds. The average molecular weight is 493 g/mol. The summed E-state index contributed by atoms with van der Waals surface area (Å²) in [5, 5.41) is 18.3.